The van der Waals surface area contributed by atoms with Crippen molar-refractivity contribution in [2.75, 3.05) is 0 Å². The Labute approximate surface area is 63.5 Å². The Balaban J connectivity index is 2.95. The Hall–Kier alpha value is 1.52. The number of rotatable bonds is 2. The molecule has 7 heavy (non-hydrogen) atoms. The predicted molar refractivity (Wildman–Crippen MR) is 43.3 cm³/mol. The molecule has 0 radical (unpaired) electrons. The topological polar surface area (TPSA) is 0 Å². The molecule has 0 fully saturated rings. The molecule has 44 valence electrons. The van der Waals surface area contributed by atoms with Crippen LogP contribution in [0.5, 0.6) is 0 Å². The molecule has 0 heterocycles. The van der Waals surface area contributed by atoms with Gasteiger partial charge in [0.15, 0.2) is 0 Å². The normalized spacial score (nSPS) is 11.1. The molecule has 0 aliphatic carbocycles. The van der Waals surface area contributed by atoms with Gasteiger partial charge in [0, 0.05) is 0 Å². The second-order valence-corrected chi connectivity index (χ2v) is 17.8. The van der Waals surface area contributed by atoms with Gasteiger partial charge in [-0.15, -0.1) is 0 Å². The van der Waals surface area contributed by atoms with Crippen LogP contribution in [0, 0.1) is 5.92 Å². The molecule has 0 aromatic heterocycles. The third-order valence-electron chi connectivity index (χ3n) is 0.503. The van der Waals surface area contributed by atoms with Crippen LogP contribution in [0.15, 0.2) is 0 Å². The van der Waals surface area contributed by atoms with E-state index in [0.29, 0.717) is 0 Å². The van der Waals surface area contributed by atoms with Crippen LogP contribution in [0.1, 0.15) is 13.8 Å². The molecule has 0 N–H and O–H groups in total. The molecule has 0 saturated heterocycles. The van der Waals surface area contributed by atoms with Gasteiger partial charge in [0.1, 0.15) is 0 Å². The zero-order valence-electron chi connectivity index (χ0n) is 4.49. The average molecular weight is 292 g/mol. The van der Waals surface area contributed by atoms with Crippen molar-refractivity contribution in [3.63, 3.8) is 0 Å². The summed E-state index contributed by atoms with van der Waals surface area (Å²) in [5, 5.41) is 1.34. The molecule has 0 nitrogen and oxygen atoms in total. The molecule has 0 spiro atoms. The molecule has 0 atom stereocenters. The zero-order chi connectivity index (χ0) is 5.86. The van der Waals surface area contributed by atoms with Gasteiger partial charge in [-0.1, -0.05) is 0 Å². The van der Waals surface area contributed by atoms with E-state index in [2.05, 4.69) is 41.7 Å². The van der Waals surface area contributed by atoms with Crippen molar-refractivity contribution in [1.29, 1.82) is 0 Å². The molecule has 0 unspecified atom stereocenters. The zero-order valence-corrected chi connectivity index (χ0v) is 9.54. The fourth-order valence-corrected chi connectivity index (χ4v) is 7.45. The first kappa shape index (κ1) is 8.52. The summed E-state index contributed by atoms with van der Waals surface area (Å²) in [6.45, 7) is 4.48. The van der Waals surface area contributed by atoms with Crippen molar-refractivity contribution in [1.82, 2.24) is 0 Å². The van der Waals surface area contributed by atoms with E-state index in [-0.39, 0.29) is 0 Å². The quantitative estimate of drug-likeness (QED) is 0.686. The van der Waals surface area contributed by atoms with Crippen LogP contribution in [0.25, 0.3) is 0 Å². The first-order valence-electron chi connectivity index (χ1n) is 2.22. The summed E-state index contributed by atoms with van der Waals surface area (Å²) in [7, 11) is -0.659. The molecular weight excluding hydrogens is 283 g/mol. The number of hydrogen-bond donors (Lipinski definition) is 0. The molecule has 0 rings (SSSR count). The summed E-state index contributed by atoms with van der Waals surface area (Å²) in [6.07, 6.45) is 0. The molecule has 0 aromatic rings. The monoisotopic (exact) mass is 290 g/mol. The molecule has 0 aromatic carbocycles. The summed E-state index contributed by atoms with van der Waals surface area (Å²) >= 11 is 7.07. The third kappa shape index (κ3) is 7.52. The molecular formula is C4H9AsBr2. The Morgan fingerprint density at radius 1 is 1.43 bits per heavy atom. The minimum atomic E-state index is -0.659. The summed E-state index contributed by atoms with van der Waals surface area (Å²) in [5.41, 5.74) is 0. The number of hydrogen-bond acceptors (Lipinski definition) is 0. The predicted octanol–water partition coefficient (Wildman–Crippen LogP) is 2.92. The van der Waals surface area contributed by atoms with E-state index in [1.54, 1.807) is 0 Å². The second kappa shape index (κ2) is 4.40. The van der Waals surface area contributed by atoms with Gasteiger partial charge in [0.2, 0.25) is 0 Å². The molecule has 0 amide bonds. The van der Waals surface area contributed by atoms with E-state index in [0.717, 1.165) is 5.92 Å². The Kier molecular flexibility index (Phi) is 5.36. The summed E-state index contributed by atoms with van der Waals surface area (Å²) in [6, 6.07) is 0. The van der Waals surface area contributed by atoms with Gasteiger partial charge in [0.25, 0.3) is 0 Å². The van der Waals surface area contributed by atoms with Crippen LogP contribution in [0.3, 0.4) is 0 Å². The number of halogens is 2. The summed E-state index contributed by atoms with van der Waals surface area (Å²) < 4.78 is 0. The van der Waals surface area contributed by atoms with Gasteiger partial charge in [-0.05, 0) is 0 Å². The fourth-order valence-electron chi connectivity index (χ4n) is 0.276. The van der Waals surface area contributed by atoms with Crippen LogP contribution in [-0.4, -0.2) is 10.9 Å². The summed E-state index contributed by atoms with van der Waals surface area (Å²) in [4.78, 5) is 0. The van der Waals surface area contributed by atoms with Crippen LogP contribution in [-0.2, 0) is 0 Å². The maximum atomic E-state index is 3.54. The van der Waals surface area contributed by atoms with Crippen LogP contribution in [0.2, 0.25) is 5.21 Å². The Bertz CT molecular complexity index is 39.0. The van der Waals surface area contributed by atoms with Gasteiger partial charge in [0.05, 0.1) is 0 Å². The third-order valence-corrected chi connectivity index (χ3v) is 5.62. The van der Waals surface area contributed by atoms with Gasteiger partial charge >= 0.3 is 63.8 Å². The fraction of sp³-hybridized carbons (Fsp3) is 1.00. The van der Waals surface area contributed by atoms with Gasteiger partial charge in [-0.2, -0.15) is 0 Å². The van der Waals surface area contributed by atoms with Crippen LogP contribution in [0.4, 0.5) is 0 Å². The Morgan fingerprint density at radius 3 is 1.86 bits per heavy atom. The molecule has 0 aliphatic rings. The van der Waals surface area contributed by atoms with E-state index >= 15 is 0 Å². The van der Waals surface area contributed by atoms with Crippen molar-refractivity contribution in [3.05, 3.63) is 0 Å². The molecule has 3 heteroatoms. The van der Waals surface area contributed by atoms with Crippen molar-refractivity contribution in [2.24, 2.45) is 5.92 Å². The van der Waals surface area contributed by atoms with Crippen LogP contribution >= 0.6 is 27.9 Å². The van der Waals surface area contributed by atoms with Crippen molar-refractivity contribution in [2.45, 2.75) is 19.1 Å². The van der Waals surface area contributed by atoms with Gasteiger partial charge < -0.3 is 0 Å². The average Bonchev–Trinajstić information content (AvgIpc) is 1.27. The van der Waals surface area contributed by atoms with E-state index in [4.69, 9.17) is 0 Å². The van der Waals surface area contributed by atoms with E-state index in [1.165, 1.54) is 5.21 Å². The maximum absolute atomic E-state index is 3.54. The van der Waals surface area contributed by atoms with E-state index in [9.17, 15) is 0 Å². The Morgan fingerprint density at radius 2 is 1.86 bits per heavy atom. The standard InChI is InChI=1S/C4H9AsBr2/c1-4(2)3-5(6)7/h4H,3H2,1-2H3. The van der Waals surface area contributed by atoms with E-state index < -0.39 is 10.9 Å². The first-order valence-corrected chi connectivity index (χ1v) is 12.3. The van der Waals surface area contributed by atoms with Crippen molar-refractivity contribution >= 4 is 38.8 Å². The van der Waals surface area contributed by atoms with Gasteiger partial charge in [-0.25, -0.2) is 0 Å². The molecule has 0 bridgehead atoms. The minimum absolute atomic E-state index is 0.659. The van der Waals surface area contributed by atoms with Gasteiger partial charge in [-0.3, -0.25) is 0 Å². The summed E-state index contributed by atoms with van der Waals surface area (Å²) in [5.74, 6) is 0.846. The van der Waals surface area contributed by atoms with E-state index in [1.807, 2.05) is 0 Å². The van der Waals surface area contributed by atoms with Crippen molar-refractivity contribution in [3.8, 4) is 0 Å². The second-order valence-electron chi connectivity index (χ2n) is 1.88. The molecule has 0 saturated carbocycles. The van der Waals surface area contributed by atoms with Crippen LogP contribution < -0.4 is 0 Å². The first-order chi connectivity index (χ1) is 3.13. The SMILES string of the molecule is CC(C)C[As](Br)Br. The molecule has 0 aliphatic heterocycles. The van der Waals surface area contributed by atoms with Crippen molar-refractivity contribution < 1.29 is 0 Å².